The lowest BCUT2D eigenvalue weighted by molar-refractivity contribution is -0.314. The number of aliphatic hydroxyl groups excluding tert-OH is 1. The first-order valence-corrected chi connectivity index (χ1v) is 19.4. The molecule has 11 heteroatoms. The molecule has 2 N–H and O–H groups in total. The van der Waals surface area contributed by atoms with E-state index in [1.165, 1.54) is 0 Å². The minimum Gasteiger partial charge on any atom is -0.495 e. The topological polar surface area (TPSA) is 131 Å². The Hall–Kier alpha value is -2.54. The lowest BCUT2D eigenvalue weighted by atomic mass is 9.55. The highest BCUT2D eigenvalue weighted by atomic mass is 16.7. The second kappa shape index (κ2) is 16.4. The number of esters is 1. The number of rotatable bonds is 9. The minimum atomic E-state index is -0.820. The number of carbonyl (C=O) groups excluding carboxylic acids is 2. The molecule has 52 heavy (non-hydrogen) atoms. The summed E-state index contributed by atoms with van der Waals surface area (Å²) in [4.78, 5) is 28.1. The monoisotopic (exact) mass is 727 g/mol. The van der Waals surface area contributed by atoms with Crippen molar-refractivity contribution in [3.05, 3.63) is 35.9 Å². The van der Waals surface area contributed by atoms with E-state index in [-0.39, 0.29) is 66.3 Å². The molecule has 3 aliphatic carbocycles. The van der Waals surface area contributed by atoms with E-state index >= 15 is 0 Å². The van der Waals surface area contributed by atoms with Crippen LogP contribution in [0.5, 0.6) is 5.75 Å². The molecular weight excluding hydrogens is 666 g/mol. The second-order valence-corrected chi connectivity index (χ2v) is 16.1. The summed E-state index contributed by atoms with van der Waals surface area (Å²) < 4.78 is 42.4. The van der Waals surface area contributed by atoms with Gasteiger partial charge < -0.3 is 43.6 Å². The highest BCUT2D eigenvalue weighted by Crippen LogP contribution is 2.63. The zero-order chi connectivity index (χ0) is 37.3. The number of allylic oxidation sites excluding steroid dienone is 2. The standard InChI is InChI=1S/C41H61NO10/c1-9-24-15-11-10-14-22(2)35(44)27-19-28-33(26(27)20-32(43)51-24)34(42-30-16-12-13-17-31(30)46-5)36(45)29-18-25(21-41(28,29)4)52-40-39(49-8)38(48-7)37(47-6)23(3)50-40/h12-13,16-17,19,22-26,28-29,33-34,36-40,42,45H,9-11,14-15,18,20-21H2,1-8H3/t22-,23?,24+,25-,26-,28-,29+,33+,34-,36-,37+,38?,39?,40+,41+/m1/s1. The Morgan fingerprint density at radius 1 is 0.981 bits per heavy atom. The van der Waals surface area contributed by atoms with Gasteiger partial charge in [-0.15, -0.1) is 0 Å². The Labute approximate surface area is 309 Å². The predicted octanol–water partition coefficient (Wildman–Crippen LogP) is 5.72. The Morgan fingerprint density at radius 2 is 1.69 bits per heavy atom. The van der Waals surface area contributed by atoms with E-state index in [1.807, 2.05) is 38.1 Å². The van der Waals surface area contributed by atoms with Crippen LogP contribution in [0, 0.1) is 35.0 Å². The van der Waals surface area contributed by atoms with Gasteiger partial charge in [-0.05, 0) is 86.3 Å². The third-order valence-corrected chi connectivity index (χ3v) is 13.2. The summed E-state index contributed by atoms with van der Waals surface area (Å²) >= 11 is 0. The van der Waals surface area contributed by atoms with Crippen LogP contribution in [0.25, 0.3) is 0 Å². The van der Waals surface area contributed by atoms with Gasteiger partial charge in [0.25, 0.3) is 0 Å². The van der Waals surface area contributed by atoms with Crippen molar-refractivity contribution in [2.24, 2.45) is 35.0 Å². The van der Waals surface area contributed by atoms with Gasteiger partial charge in [0.05, 0.1) is 43.6 Å². The van der Waals surface area contributed by atoms with E-state index in [0.717, 1.165) is 37.8 Å². The summed E-state index contributed by atoms with van der Waals surface area (Å²) in [5, 5.41) is 16.3. The van der Waals surface area contributed by atoms with Gasteiger partial charge in [0.1, 0.15) is 30.2 Å². The molecule has 1 aromatic rings. The number of carbonyl (C=O) groups is 2. The molecule has 15 atom stereocenters. The molecule has 2 heterocycles. The van der Waals surface area contributed by atoms with Crippen molar-refractivity contribution < 1.29 is 47.9 Å². The van der Waals surface area contributed by atoms with Crippen molar-refractivity contribution in [3.8, 4) is 5.75 Å². The summed E-state index contributed by atoms with van der Waals surface area (Å²) in [5.41, 5.74) is 1.01. The average Bonchev–Trinajstić information content (AvgIpc) is 3.68. The highest BCUT2D eigenvalue weighted by Gasteiger charge is 2.64. The fourth-order valence-electron chi connectivity index (χ4n) is 10.5. The van der Waals surface area contributed by atoms with E-state index in [2.05, 4.69) is 25.2 Å². The molecule has 0 spiro atoms. The van der Waals surface area contributed by atoms with Gasteiger partial charge in [-0.2, -0.15) is 0 Å². The van der Waals surface area contributed by atoms with Crippen LogP contribution >= 0.6 is 0 Å². The Kier molecular flexibility index (Phi) is 12.4. The maximum absolute atomic E-state index is 14.4. The molecule has 290 valence electrons. The van der Waals surface area contributed by atoms with Crippen molar-refractivity contribution in [1.82, 2.24) is 0 Å². The SMILES string of the molecule is CC[C@H]1CCCC[C@@H](C)C(=O)C2=C[C@@H]3[C@@H]([C@@H](Nc4ccccc4OC)[C@H](O)[C@@H]4C[C@@H](O[C@@H]5OC(C)[C@H](OC)C(OC)C5OC)C[C@@]34C)[C@@H]2CC(=O)O1. The number of Topliss-reactive ketones (excluding diaryl/α,β-unsaturated/α-hetero) is 1. The smallest absolute Gasteiger partial charge is 0.306 e. The number of hydrogen-bond donors (Lipinski definition) is 2. The van der Waals surface area contributed by atoms with Gasteiger partial charge in [-0.3, -0.25) is 9.59 Å². The number of benzene rings is 1. The molecule has 1 aromatic carbocycles. The molecule has 11 nitrogen and oxygen atoms in total. The van der Waals surface area contributed by atoms with Crippen molar-refractivity contribution in [2.45, 2.75) is 134 Å². The molecule has 3 unspecified atom stereocenters. The molecule has 4 fully saturated rings. The second-order valence-electron chi connectivity index (χ2n) is 16.1. The van der Waals surface area contributed by atoms with Gasteiger partial charge >= 0.3 is 5.97 Å². The van der Waals surface area contributed by atoms with Crippen molar-refractivity contribution >= 4 is 17.4 Å². The molecule has 0 amide bonds. The number of nitrogens with one attached hydrogen (secondary N) is 1. The van der Waals surface area contributed by atoms with Crippen LogP contribution in [0.1, 0.15) is 79.1 Å². The van der Waals surface area contributed by atoms with Crippen molar-refractivity contribution in [2.75, 3.05) is 33.8 Å². The number of cyclic esters (lactones) is 1. The lowest BCUT2D eigenvalue weighted by Gasteiger charge is -2.53. The average molecular weight is 728 g/mol. The first-order valence-electron chi connectivity index (χ1n) is 19.4. The molecule has 2 saturated carbocycles. The largest absolute Gasteiger partial charge is 0.495 e. The van der Waals surface area contributed by atoms with Gasteiger partial charge in [0.2, 0.25) is 0 Å². The van der Waals surface area contributed by atoms with E-state index in [0.29, 0.717) is 24.2 Å². The van der Waals surface area contributed by atoms with Crippen LogP contribution in [-0.2, 0) is 38.0 Å². The van der Waals surface area contributed by atoms with Gasteiger partial charge in [-0.1, -0.05) is 45.4 Å². The van der Waals surface area contributed by atoms with Crippen LogP contribution in [0.2, 0.25) is 0 Å². The van der Waals surface area contributed by atoms with E-state index in [4.69, 9.17) is 33.2 Å². The highest BCUT2D eigenvalue weighted by molar-refractivity contribution is 5.98. The Bertz CT molecular complexity index is 1440. The Balaban J connectivity index is 1.38. The van der Waals surface area contributed by atoms with Crippen LogP contribution in [0.4, 0.5) is 5.69 Å². The van der Waals surface area contributed by atoms with Crippen LogP contribution in [0.3, 0.4) is 0 Å². The molecule has 0 aromatic heterocycles. The van der Waals surface area contributed by atoms with E-state index < -0.39 is 42.0 Å². The maximum atomic E-state index is 14.4. The van der Waals surface area contributed by atoms with Crippen LogP contribution < -0.4 is 10.1 Å². The normalized spacial score (nSPS) is 42.5. The lowest BCUT2D eigenvalue weighted by Crippen LogP contribution is -2.59. The van der Waals surface area contributed by atoms with Crippen molar-refractivity contribution in [1.29, 1.82) is 0 Å². The zero-order valence-corrected chi connectivity index (χ0v) is 32.2. The van der Waals surface area contributed by atoms with E-state index in [9.17, 15) is 14.7 Å². The number of para-hydroxylation sites is 2. The van der Waals surface area contributed by atoms with Crippen LogP contribution in [-0.4, -0.2) is 100 Å². The summed E-state index contributed by atoms with van der Waals surface area (Å²) in [6.45, 7) is 8.24. The number of methoxy groups -OCH3 is 4. The first-order chi connectivity index (χ1) is 25.0. The molecule has 2 aliphatic heterocycles. The maximum Gasteiger partial charge on any atom is 0.306 e. The number of ketones is 1. The van der Waals surface area contributed by atoms with Crippen molar-refractivity contribution in [3.63, 3.8) is 0 Å². The Morgan fingerprint density at radius 3 is 2.38 bits per heavy atom. The van der Waals surface area contributed by atoms with Gasteiger partial charge in [-0.25, -0.2) is 0 Å². The number of anilines is 1. The zero-order valence-electron chi connectivity index (χ0n) is 32.2. The minimum absolute atomic E-state index is 0.0852. The molecule has 0 bridgehead atoms. The summed E-state index contributed by atoms with van der Waals surface area (Å²) in [5.74, 6) is -0.680. The molecule has 6 rings (SSSR count). The molecular formula is C41H61NO10. The molecule has 0 radical (unpaired) electrons. The number of hydrogen-bond acceptors (Lipinski definition) is 11. The predicted molar refractivity (Wildman–Crippen MR) is 195 cm³/mol. The number of aliphatic hydroxyl groups is 1. The third-order valence-electron chi connectivity index (χ3n) is 13.2. The van der Waals surface area contributed by atoms with Gasteiger partial charge in [0, 0.05) is 33.2 Å². The number of ether oxygens (including phenoxy) is 7. The fourth-order valence-corrected chi connectivity index (χ4v) is 10.5. The van der Waals surface area contributed by atoms with E-state index in [1.54, 1.807) is 28.4 Å². The molecule has 2 saturated heterocycles. The first kappa shape index (κ1) is 39.2. The molecule has 5 aliphatic rings. The van der Waals surface area contributed by atoms with Gasteiger partial charge in [0.15, 0.2) is 12.1 Å². The summed E-state index contributed by atoms with van der Waals surface area (Å²) in [6.07, 6.45) is 4.14. The van der Waals surface area contributed by atoms with Crippen LogP contribution in [0.15, 0.2) is 35.9 Å². The fraction of sp³-hybridized carbons (Fsp3) is 0.756. The third kappa shape index (κ3) is 7.30. The number of fused-ring (bicyclic) bond motifs is 5. The summed E-state index contributed by atoms with van der Waals surface area (Å²) in [6, 6.07) is 7.19. The summed E-state index contributed by atoms with van der Waals surface area (Å²) in [7, 11) is 6.52. The quantitative estimate of drug-likeness (QED) is 0.303.